The van der Waals surface area contributed by atoms with E-state index in [0.29, 0.717) is 5.15 Å². The van der Waals surface area contributed by atoms with Crippen LogP contribution in [0.1, 0.15) is 11.1 Å². The van der Waals surface area contributed by atoms with Gasteiger partial charge in [0.1, 0.15) is 0 Å². The van der Waals surface area contributed by atoms with Crippen molar-refractivity contribution < 1.29 is 0 Å². The molecule has 0 spiro atoms. The highest BCUT2D eigenvalue weighted by molar-refractivity contribution is 6.30. The molecular weight excluding hydrogens is 231 g/mol. The summed E-state index contributed by atoms with van der Waals surface area (Å²) in [6.07, 6.45) is 0.834. The summed E-state index contributed by atoms with van der Waals surface area (Å²) >= 11 is 11.7. The maximum Gasteiger partial charge on any atom is 0.152 e. The van der Waals surface area contributed by atoms with Gasteiger partial charge < -0.3 is 0 Å². The van der Waals surface area contributed by atoms with Crippen LogP contribution in [-0.2, 0) is 6.42 Å². The Balaban J connectivity index is 2.24. The Kier molecular flexibility index (Phi) is 1.94. The second-order valence-electron chi connectivity index (χ2n) is 3.52. The average Bonchev–Trinajstić information content (AvgIpc) is 2.53. The first-order valence-electron chi connectivity index (χ1n) is 4.55. The highest BCUT2D eigenvalue weighted by atomic mass is 35.5. The summed E-state index contributed by atoms with van der Waals surface area (Å²) in [6, 6.07) is 7.67. The lowest BCUT2D eigenvalue weighted by Crippen LogP contribution is -1.88. The van der Waals surface area contributed by atoms with Crippen molar-refractivity contribution in [1.29, 1.82) is 0 Å². The number of aromatic nitrogens is 2. The predicted octanol–water partition coefficient (Wildman–Crippen LogP) is 3.35. The molecule has 3 rings (SSSR count). The van der Waals surface area contributed by atoms with E-state index in [0.717, 1.165) is 28.3 Å². The van der Waals surface area contributed by atoms with Crippen molar-refractivity contribution in [3.8, 4) is 11.3 Å². The van der Waals surface area contributed by atoms with Crippen molar-refractivity contribution in [1.82, 2.24) is 10.2 Å². The van der Waals surface area contributed by atoms with E-state index in [9.17, 15) is 0 Å². The number of nitrogens with zero attached hydrogens (tertiary/aromatic N) is 2. The van der Waals surface area contributed by atoms with Crippen molar-refractivity contribution >= 4 is 23.2 Å². The zero-order valence-corrected chi connectivity index (χ0v) is 9.18. The molecule has 1 aromatic carbocycles. The van der Waals surface area contributed by atoms with Gasteiger partial charge in [0.05, 0.1) is 5.69 Å². The minimum absolute atomic E-state index is 0.438. The molecule has 0 saturated carbocycles. The van der Waals surface area contributed by atoms with E-state index in [2.05, 4.69) is 10.2 Å². The first kappa shape index (κ1) is 9.13. The van der Waals surface area contributed by atoms with E-state index >= 15 is 0 Å². The SMILES string of the molecule is Clc1ccc2c(c1)Cc1cc(Cl)nnc1-2. The molecule has 2 nitrogen and oxygen atoms in total. The monoisotopic (exact) mass is 236 g/mol. The van der Waals surface area contributed by atoms with Gasteiger partial charge in [0.15, 0.2) is 5.15 Å². The van der Waals surface area contributed by atoms with Gasteiger partial charge in [0, 0.05) is 17.0 Å². The summed E-state index contributed by atoms with van der Waals surface area (Å²) in [5.41, 5.74) is 4.34. The quantitative estimate of drug-likeness (QED) is 0.599. The molecule has 2 aromatic rings. The third-order valence-electron chi connectivity index (χ3n) is 2.55. The van der Waals surface area contributed by atoms with Gasteiger partial charge in [-0.15, -0.1) is 10.2 Å². The molecule has 0 bridgehead atoms. The molecule has 4 heteroatoms. The largest absolute Gasteiger partial charge is 0.152 e. The standard InChI is InChI=1S/C11H6Cl2N2/c12-8-1-2-9-6(4-8)3-7-5-10(13)14-15-11(7)9/h1-2,4-5H,3H2. The Hall–Kier alpha value is -1.12. The number of hydrogen-bond acceptors (Lipinski definition) is 2. The van der Waals surface area contributed by atoms with Crippen LogP contribution in [0.3, 0.4) is 0 Å². The van der Waals surface area contributed by atoms with E-state index in [-0.39, 0.29) is 0 Å². The molecule has 0 amide bonds. The van der Waals surface area contributed by atoms with Crippen LogP contribution in [0, 0.1) is 0 Å². The maximum atomic E-state index is 5.94. The molecule has 1 aliphatic carbocycles. The van der Waals surface area contributed by atoms with Crippen LogP contribution in [0.5, 0.6) is 0 Å². The Morgan fingerprint density at radius 3 is 2.73 bits per heavy atom. The van der Waals surface area contributed by atoms with Crippen LogP contribution >= 0.6 is 23.2 Å². The molecule has 0 unspecified atom stereocenters. The number of fused-ring (bicyclic) bond motifs is 3. The van der Waals surface area contributed by atoms with Crippen LogP contribution in [0.15, 0.2) is 24.3 Å². The molecule has 0 saturated heterocycles. The fourth-order valence-corrected chi connectivity index (χ4v) is 2.27. The van der Waals surface area contributed by atoms with Crippen molar-refractivity contribution in [2.45, 2.75) is 6.42 Å². The van der Waals surface area contributed by atoms with Crippen LogP contribution < -0.4 is 0 Å². The normalized spacial score (nSPS) is 12.4. The van der Waals surface area contributed by atoms with Gasteiger partial charge in [0.2, 0.25) is 0 Å². The molecule has 0 fully saturated rings. The lowest BCUT2D eigenvalue weighted by Gasteiger charge is -1.98. The smallest absolute Gasteiger partial charge is 0.149 e. The van der Waals surface area contributed by atoms with Gasteiger partial charge in [0.25, 0.3) is 0 Å². The van der Waals surface area contributed by atoms with E-state index in [1.54, 1.807) is 0 Å². The van der Waals surface area contributed by atoms with Crippen LogP contribution in [-0.4, -0.2) is 10.2 Å². The minimum atomic E-state index is 0.438. The first-order chi connectivity index (χ1) is 7.24. The van der Waals surface area contributed by atoms with Crippen molar-refractivity contribution in [2.75, 3.05) is 0 Å². The van der Waals surface area contributed by atoms with E-state index in [1.807, 2.05) is 24.3 Å². The molecule has 0 radical (unpaired) electrons. The van der Waals surface area contributed by atoms with Crippen molar-refractivity contribution in [2.24, 2.45) is 0 Å². The highest BCUT2D eigenvalue weighted by Gasteiger charge is 2.20. The third kappa shape index (κ3) is 1.41. The predicted molar refractivity (Wildman–Crippen MR) is 60.3 cm³/mol. The molecular formula is C11H6Cl2N2. The summed E-state index contributed by atoms with van der Waals surface area (Å²) in [5, 5.41) is 9.15. The van der Waals surface area contributed by atoms with E-state index in [1.165, 1.54) is 5.56 Å². The second kappa shape index (κ2) is 3.19. The number of hydrogen-bond donors (Lipinski definition) is 0. The molecule has 1 aliphatic rings. The molecule has 74 valence electrons. The minimum Gasteiger partial charge on any atom is -0.149 e. The van der Waals surface area contributed by atoms with Gasteiger partial charge in [-0.3, -0.25) is 0 Å². The maximum absolute atomic E-state index is 5.94. The molecule has 1 aromatic heterocycles. The number of rotatable bonds is 0. The zero-order chi connectivity index (χ0) is 10.4. The van der Waals surface area contributed by atoms with Crippen molar-refractivity contribution in [3.05, 3.63) is 45.6 Å². The molecule has 0 aliphatic heterocycles. The summed E-state index contributed by atoms with van der Waals surface area (Å²) < 4.78 is 0. The Labute approximate surface area is 96.9 Å². The number of benzene rings is 1. The van der Waals surface area contributed by atoms with E-state index in [4.69, 9.17) is 23.2 Å². The second-order valence-corrected chi connectivity index (χ2v) is 4.34. The van der Waals surface area contributed by atoms with Gasteiger partial charge >= 0.3 is 0 Å². The topological polar surface area (TPSA) is 25.8 Å². The Bertz CT molecular complexity index is 503. The van der Waals surface area contributed by atoms with Crippen LogP contribution in [0.25, 0.3) is 11.3 Å². The Morgan fingerprint density at radius 2 is 1.87 bits per heavy atom. The Morgan fingerprint density at radius 1 is 1.00 bits per heavy atom. The summed E-state index contributed by atoms with van der Waals surface area (Å²) in [7, 11) is 0. The van der Waals surface area contributed by atoms with Gasteiger partial charge in [-0.05, 0) is 29.3 Å². The van der Waals surface area contributed by atoms with Gasteiger partial charge in [-0.1, -0.05) is 29.3 Å². The summed E-state index contributed by atoms with van der Waals surface area (Å²) in [6.45, 7) is 0. The first-order valence-corrected chi connectivity index (χ1v) is 5.30. The third-order valence-corrected chi connectivity index (χ3v) is 2.97. The summed E-state index contributed by atoms with van der Waals surface area (Å²) in [5.74, 6) is 0. The molecule has 1 heterocycles. The molecule has 0 atom stereocenters. The van der Waals surface area contributed by atoms with Gasteiger partial charge in [-0.25, -0.2) is 0 Å². The summed E-state index contributed by atoms with van der Waals surface area (Å²) in [4.78, 5) is 0. The highest BCUT2D eigenvalue weighted by Crippen LogP contribution is 2.36. The zero-order valence-electron chi connectivity index (χ0n) is 7.67. The average molecular weight is 237 g/mol. The molecule has 0 N–H and O–H groups in total. The van der Waals surface area contributed by atoms with E-state index < -0.39 is 0 Å². The van der Waals surface area contributed by atoms with Crippen molar-refractivity contribution in [3.63, 3.8) is 0 Å². The lowest BCUT2D eigenvalue weighted by atomic mass is 10.1. The fourth-order valence-electron chi connectivity index (χ4n) is 1.91. The molecule has 15 heavy (non-hydrogen) atoms. The lowest BCUT2D eigenvalue weighted by molar-refractivity contribution is 1.03. The fraction of sp³-hybridized carbons (Fsp3) is 0.0909. The van der Waals surface area contributed by atoms with Crippen LogP contribution in [0.2, 0.25) is 10.2 Å². The van der Waals surface area contributed by atoms with Crippen LogP contribution in [0.4, 0.5) is 0 Å². The number of halogens is 2. The van der Waals surface area contributed by atoms with Gasteiger partial charge in [-0.2, -0.15) is 0 Å².